The van der Waals surface area contributed by atoms with Crippen molar-refractivity contribution in [2.24, 2.45) is 0 Å². The molecule has 0 N–H and O–H groups in total. The van der Waals surface area contributed by atoms with Crippen LogP contribution in [0.2, 0.25) is 0 Å². The summed E-state index contributed by atoms with van der Waals surface area (Å²) in [5, 5.41) is 0.606. The first-order chi connectivity index (χ1) is 5.85. The SMILES string of the molecule is [Na+].[Na+].[Na+].[S-]CCSCC(C[S-])SCC[S-]. The molecule has 0 saturated heterocycles. The number of hydrogen-bond acceptors (Lipinski definition) is 5. The fourth-order valence-electron chi connectivity index (χ4n) is 0.633. The minimum absolute atomic E-state index is 0. The van der Waals surface area contributed by atoms with Crippen molar-refractivity contribution in [1.29, 1.82) is 0 Å². The van der Waals surface area contributed by atoms with Crippen LogP contribution in [0.15, 0.2) is 0 Å². The molecular formula is C7H13Na3S5. The van der Waals surface area contributed by atoms with Crippen LogP contribution < -0.4 is 88.7 Å². The van der Waals surface area contributed by atoms with Gasteiger partial charge in [-0.2, -0.15) is 40.8 Å². The van der Waals surface area contributed by atoms with Crippen molar-refractivity contribution >= 4 is 61.4 Å². The molecule has 0 aromatic heterocycles. The van der Waals surface area contributed by atoms with Crippen LogP contribution in [0.3, 0.4) is 0 Å². The van der Waals surface area contributed by atoms with E-state index >= 15 is 0 Å². The fraction of sp³-hybridized carbons (Fsp3) is 1.00. The summed E-state index contributed by atoms with van der Waals surface area (Å²) in [6, 6.07) is 0. The standard InChI is InChI=1S/C7H16S5.3Na/c8-1-3-11-6-7(5-10)12-4-2-9;;;/h7-10H,1-6H2;;;/q;3*+1/p-3. The number of hydrogen-bond donors (Lipinski definition) is 0. The molecule has 0 aromatic rings. The topological polar surface area (TPSA) is 0 Å². The summed E-state index contributed by atoms with van der Waals surface area (Å²) in [5.74, 6) is 5.80. The van der Waals surface area contributed by atoms with Gasteiger partial charge in [-0.25, -0.2) is 0 Å². The third kappa shape index (κ3) is 21.2. The normalized spacial score (nSPS) is 10.6. The third-order valence-electron chi connectivity index (χ3n) is 1.15. The molecule has 0 aliphatic heterocycles. The van der Waals surface area contributed by atoms with E-state index in [9.17, 15) is 0 Å². The number of thioether (sulfide) groups is 2. The largest absolute Gasteiger partial charge is 1.00 e. The molecule has 0 heterocycles. The summed E-state index contributed by atoms with van der Waals surface area (Å²) in [5.41, 5.74) is 0. The first kappa shape index (κ1) is 28.0. The maximum atomic E-state index is 5.04. The van der Waals surface area contributed by atoms with E-state index in [1.54, 1.807) is 0 Å². The van der Waals surface area contributed by atoms with Gasteiger partial charge in [-0.05, 0) is 16.8 Å². The number of rotatable bonds is 8. The second-order valence-electron chi connectivity index (χ2n) is 2.14. The molecular weight excluding hydrogens is 313 g/mol. The average molecular weight is 326 g/mol. The van der Waals surface area contributed by atoms with Crippen molar-refractivity contribution in [2.45, 2.75) is 5.25 Å². The van der Waals surface area contributed by atoms with Crippen molar-refractivity contribution in [3.05, 3.63) is 0 Å². The van der Waals surface area contributed by atoms with Gasteiger partial charge in [0, 0.05) is 5.75 Å². The average Bonchev–Trinajstić information content (AvgIpc) is 2.11. The molecule has 0 nitrogen and oxygen atoms in total. The molecule has 0 rings (SSSR count). The molecule has 0 amide bonds. The third-order valence-corrected chi connectivity index (χ3v) is 5.28. The second kappa shape index (κ2) is 23.8. The Kier molecular flexibility index (Phi) is 44.4. The van der Waals surface area contributed by atoms with Crippen molar-refractivity contribution in [1.82, 2.24) is 0 Å². The maximum absolute atomic E-state index is 5.04. The van der Waals surface area contributed by atoms with E-state index in [0.29, 0.717) is 5.25 Å². The molecule has 0 bridgehead atoms. The van der Waals surface area contributed by atoms with Crippen LogP contribution in [-0.4, -0.2) is 39.8 Å². The van der Waals surface area contributed by atoms with Gasteiger partial charge in [-0.15, -0.1) is 0 Å². The molecule has 0 aliphatic rings. The smallest absolute Gasteiger partial charge is 0.792 e. The van der Waals surface area contributed by atoms with Crippen LogP contribution in [0.4, 0.5) is 0 Å². The maximum Gasteiger partial charge on any atom is 1.00 e. The molecule has 0 radical (unpaired) electrons. The van der Waals surface area contributed by atoms with E-state index in [-0.39, 0.29) is 88.7 Å². The van der Waals surface area contributed by atoms with E-state index in [0.717, 1.165) is 34.5 Å². The van der Waals surface area contributed by atoms with Gasteiger partial charge in [0.25, 0.3) is 0 Å². The Labute approximate surface area is 186 Å². The molecule has 8 heteroatoms. The van der Waals surface area contributed by atoms with Gasteiger partial charge in [0.15, 0.2) is 0 Å². The predicted octanol–water partition coefficient (Wildman–Crippen LogP) is -7.53. The zero-order valence-corrected chi connectivity index (χ0v) is 19.9. The predicted molar refractivity (Wildman–Crippen MR) is 70.3 cm³/mol. The van der Waals surface area contributed by atoms with Crippen molar-refractivity contribution in [3.63, 3.8) is 0 Å². The van der Waals surface area contributed by atoms with E-state index in [4.69, 9.17) is 37.9 Å². The van der Waals surface area contributed by atoms with Gasteiger partial charge in [0.1, 0.15) is 0 Å². The van der Waals surface area contributed by atoms with Crippen molar-refractivity contribution in [3.8, 4) is 0 Å². The molecule has 1 atom stereocenters. The van der Waals surface area contributed by atoms with Gasteiger partial charge < -0.3 is 37.9 Å². The van der Waals surface area contributed by atoms with Gasteiger partial charge in [-0.3, -0.25) is 0 Å². The Morgan fingerprint density at radius 2 is 1.40 bits per heavy atom. The molecule has 74 valence electrons. The summed E-state index contributed by atoms with van der Waals surface area (Å²) in [6.07, 6.45) is 0. The van der Waals surface area contributed by atoms with Crippen LogP contribution in [0.5, 0.6) is 0 Å². The quantitative estimate of drug-likeness (QED) is 0.246. The summed E-state index contributed by atoms with van der Waals surface area (Å²) in [7, 11) is 0. The Balaban J connectivity index is -0.000000202. The molecule has 0 spiro atoms. The van der Waals surface area contributed by atoms with E-state index < -0.39 is 0 Å². The Hall–Kier alpha value is 4.75. The van der Waals surface area contributed by atoms with Crippen LogP contribution in [0.1, 0.15) is 0 Å². The monoisotopic (exact) mass is 326 g/mol. The molecule has 0 aliphatic carbocycles. The minimum atomic E-state index is 0. The van der Waals surface area contributed by atoms with Crippen molar-refractivity contribution < 1.29 is 88.7 Å². The summed E-state index contributed by atoms with van der Waals surface area (Å²) in [4.78, 5) is 0. The fourth-order valence-corrected chi connectivity index (χ4v) is 3.70. The zero-order valence-electron chi connectivity index (χ0n) is 9.86. The van der Waals surface area contributed by atoms with E-state index in [1.165, 1.54) is 0 Å². The van der Waals surface area contributed by atoms with Crippen molar-refractivity contribution in [2.75, 3.05) is 34.5 Å². The summed E-state index contributed by atoms with van der Waals surface area (Å²) < 4.78 is 0. The van der Waals surface area contributed by atoms with Gasteiger partial charge in [0.05, 0.1) is 0 Å². The van der Waals surface area contributed by atoms with Gasteiger partial charge >= 0.3 is 88.7 Å². The van der Waals surface area contributed by atoms with E-state index in [1.807, 2.05) is 23.5 Å². The zero-order chi connectivity index (χ0) is 9.23. The molecule has 0 saturated carbocycles. The van der Waals surface area contributed by atoms with Crippen LogP contribution in [0.25, 0.3) is 0 Å². The Morgan fingerprint density at radius 3 is 1.80 bits per heavy atom. The summed E-state index contributed by atoms with van der Waals surface area (Å²) >= 11 is 18.6. The Morgan fingerprint density at radius 1 is 0.867 bits per heavy atom. The summed E-state index contributed by atoms with van der Waals surface area (Å²) in [6.45, 7) is 0. The van der Waals surface area contributed by atoms with Crippen LogP contribution in [-0.2, 0) is 37.9 Å². The molecule has 1 unspecified atom stereocenters. The first-order valence-electron chi connectivity index (χ1n) is 3.78. The first-order valence-corrected chi connectivity index (χ1v) is 7.72. The minimum Gasteiger partial charge on any atom is -0.792 e. The molecule has 0 fully saturated rings. The van der Waals surface area contributed by atoms with Gasteiger partial charge in [-0.1, -0.05) is 0 Å². The molecule has 0 aromatic carbocycles. The second-order valence-corrected chi connectivity index (χ2v) is 5.85. The Bertz CT molecular complexity index is 98.7. The van der Waals surface area contributed by atoms with Crippen LogP contribution in [0, 0.1) is 0 Å². The van der Waals surface area contributed by atoms with Gasteiger partial charge in [0.2, 0.25) is 0 Å². The van der Waals surface area contributed by atoms with Crippen LogP contribution >= 0.6 is 23.5 Å². The molecule has 15 heavy (non-hydrogen) atoms. The van der Waals surface area contributed by atoms with E-state index in [2.05, 4.69) is 0 Å².